The van der Waals surface area contributed by atoms with Gasteiger partial charge in [-0.1, -0.05) is 11.6 Å². The highest BCUT2D eigenvalue weighted by Gasteiger charge is 2.36. The van der Waals surface area contributed by atoms with Crippen molar-refractivity contribution in [2.75, 3.05) is 25.1 Å². The molecule has 1 fully saturated rings. The Kier molecular flexibility index (Phi) is 3.63. The van der Waals surface area contributed by atoms with E-state index in [9.17, 15) is 13.2 Å². The van der Waals surface area contributed by atoms with E-state index in [1.54, 1.807) is 12.0 Å². The number of anilines is 1. The van der Waals surface area contributed by atoms with Crippen LogP contribution in [0.5, 0.6) is 0 Å². The van der Waals surface area contributed by atoms with Crippen molar-refractivity contribution < 1.29 is 17.9 Å². The van der Waals surface area contributed by atoms with Crippen LogP contribution in [-0.2, 0) is 10.9 Å². The van der Waals surface area contributed by atoms with Crippen LogP contribution >= 0.6 is 11.6 Å². The van der Waals surface area contributed by atoms with Crippen molar-refractivity contribution in [2.24, 2.45) is 0 Å². The molecule has 0 N–H and O–H groups in total. The van der Waals surface area contributed by atoms with Gasteiger partial charge in [-0.25, -0.2) is 9.97 Å². The summed E-state index contributed by atoms with van der Waals surface area (Å²) in [5, 5.41) is -0.215. The Morgan fingerprint density at radius 1 is 1.44 bits per heavy atom. The molecule has 1 saturated heterocycles. The molecule has 0 bridgehead atoms. The first-order valence-corrected chi connectivity index (χ1v) is 5.67. The zero-order valence-corrected chi connectivity index (χ0v) is 10.3. The van der Waals surface area contributed by atoms with Gasteiger partial charge in [-0.15, -0.1) is 0 Å². The summed E-state index contributed by atoms with van der Waals surface area (Å²) in [6.07, 6.45) is -3.84. The van der Waals surface area contributed by atoms with Gasteiger partial charge in [-0.2, -0.15) is 13.2 Å². The molecule has 18 heavy (non-hydrogen) atoms. The van der Waals surface area contributed by atoms with Crippen molar-refractivity contribution >= 4 is 17.4 Å². The standard InChI is InChI=1S/C10H11ClF3N3O/c1-18-6-2-3-17(5-6)8-4-7(11)15-9(16-8)10(12,13)14/h4,6H,2-3,5H2,1H3. The maximum Gasteiger partial charge on any atom is 0.451 e. The first-order chi connectivity index (χ1) is 8.40. The Labute approximate surface area is 107 Å². The first-order valence-electron chi connectivity index (χ1n) is 5.29. The van der Waals surface area contributed by atoms with Crippen LogP contribution in [0.15, 0.2) is 6.07 Å². The molecule has 1 atom stereocenters. The fourth-order valence-corrected chi connectivity index (χ4v) is 2.00. The maximum atomic E-state index is 12.6. The molecular formula is C10H11ClF3N3O. The van der Waals surface area contributed by atoms with Crippen molar-refractivity contribution in [2.45, 2.75) is 18.7 Å². The lowest BCUT2D eigenvalue weighted by Crippen LogP contribution is -2.24. The largest absolute Gasteiger partial charge is 0.451 e. The van der Waals surface area contributed by atoms with E-state index in [-0.39, 0.29) is 17.1 Å². The van der Waals surface area contributed by atoms with Gasteiger partial charge in [0.15, 0.2) is 0 Å². The van der Waals surface area contributed by atoms with E-state index >= 15 is 0 Å². The molecule has 1 aromatic heterocycles. The fraction of sp³-hybridized carbons (Fsp3) is 0.600. The van der Waals surface area contributed by atoms with Gasteiger partial charge in [0.25, 0.3) is 0 Å². The van der Waals surface area contributed by atoms with Gasteiger partial charge in [-0.05, 0) is 6.42 Å². The van der Waals surface area contributed by atoms with Gasteiger partial charge in [-0.3, -0.25) is 0 Å². The van der Waals surface area contributed by atoms with Gasteiger partial charge < -0.3 is 9.64 Å². The third kappa shape index (κ3) is 2.84. The summed E-state index contributed by atoms with van der Waals surface area (Å²) in [6.45, 7) is 1.09. The second-order valence-corrected chi connectivity index (χ2v) is 4.35. The third-order valence-corrected chi connectivity index (χ3v) is 2.93. The minimum atomic E-state index is -4.60. The summed E-state index contributed by atoms with van der Waals surface area (Å²) >= 11 is 5.60. The minimum Gasteiger partial charge on any atom is -0.380 e. The van der Waals surface area contributed by atoms with Crippen LogP contribution in [-0.4, -0.2) is 36.3 Å². The van der Waals surface area contributed by atoms with E-state index in [0.717, 1.165) is 6.42 Å². The van der Waals surface area contributed by atoms with Crippen molar-refractivity contribution in [1.82, 2.24) is 9.97 Å². The Morgan fingerprint density at radius 2 is 2.17 bits per heavy atom. The number of aromatic nitrogens is 2. The molecule has 100 valence electrons. The van der Waals surface area contributed by atoms with E-state index < -0.39 is 12.0 Å². The summed E-state index contributed by atoms with van der Waals surface area (Å²) in [5.41, 5.74) is 0. The predicted octanol–water partition coefficient (Wildman–Crippen LogP) is 2.37. The number of hydrogen-bond acceptors (Lipinski definition) is 4. The van der Waals surface area contributed by atoms with Crippen molar-refractivity contribution in [3.8, 4) is 0 Å². The normalized spacial score (nSPS) is 20.5. The Balaban J connectivity index is 2.26. The molecule has 1 aromatic rings. The van der Waals surface area contributed by atoms with Crippen LogP contribution < -0.4 is 4.90 Å². The minimum absolute atomic E-state index is 0.00748. The highest BCUT2D eigenvalue weighted by Crippen LogP contribution is 2.30. The molecule has 1 aliphatic heterocycles. The van der Waals surface area contributed by atoms with E-state index in [1.165, 1.54) is 6.07 Å². The molecule has 2 rings (SSSR count). The number of nitrogens with zero attached hydrogens (tertiary/aromatic N) is 3. The van der Waals surface area contributed by atoms with Gasteiger partial charge in [0.05, 0.1) is 6.10 Å². The average molecular weight is 282 g/mol. The molecule has 1 unspecified atom stereocenters. The number of hydrogen-bond donors (Lipinski definition) is 0. The average Bonchev–Trinajstić information content (AvgIpc) is 2.75. The number of halogens is 4. The topological polar surface area (TPSA) is 38.2 Å². The Hall–Kier alpha value is -1.08. The van der Waals surface area contributed by atoms with Gasteiger partial charge in [0.2, 0.25) is 5.82 Å². The van der Waals surface area contributed by atoms with Crippen LogP contribution in [0.1, 0.15) is 12.2 Å². The van der Waals surface area contributed by atoms with Crippen LogP contribution in [0.2, 0.25) is 5.15 Å². The van der Waals surface area contributed by atoms with Gasteiger partial charge in [0.1, 0.15) is 11.0 Å². The van der Waals surface area contributed by atoms with E-state index in [1.807, 2.05) is 0 Å². The molecule has 1 aliphatic rings. The molecule has 4 nitrogen and oxygen atoms in total. The lowest BCUT2D eigenvalue weighted by molar-refractivity contribution is -0.144. The molecule has 0 spiro atoms. The highest BCUT2D eigenvalue weighted by atomic mass is 35.5. The van der Waals surface area contributed by atoms with Crippen LogP contribution in [0, 0.1) is 0 Å². The summed E-state index contributed by atoms with van der Waals surface area (Å²) in [7, 11) is 1.57. The van der Waals surface area contributed by atoms with Crippen molar-refractivity contribution in [3.05, 3.63) is 17.0 Å². The zero-order valence-electron chi connectivity index (χ0n) is 9.54. The maximum absolute atomic E-state index is 12.6. The lowest BCUT2D eigenvalue weighted by Gasteiger charge is -2.18. The molecule has 8 heteroatoms. The van der Waals surface area contributed by atoms with Crippen LogP contribution in [0.25, 0.3) is 0 Å². The van der Waals surface area contributed by atoms with Gasteiger partial charge in [0, 0.05) is 26.3 Å². The van der Waals surface area contributed by atoms with Gasteiger partial charge >= 0.3 is 6.18 Å². The molecule has 0 aromatic carbocycles. The second kappa shape index (κ2) is 4.89. The quantitative estimate of drug-likeness (QED) is 0.780. The fourth-order valence-electron chi connectivity index (χ4n) is 1.82. The number of methoxy groups -OCH3 is 1. The van der Waals surface area contributed by atoms with E-state index in [0.29, 0.717) is 13.1 Å². The third-order valence-electron chi connectivity index (χ3n) is 2.74. The SMILES string of the molecule is COC1CCN(c2cc(Cl)nc(C(F)(F)F)n2)C1. The molecule has 0 aliphatic carbocycles. The number of alkyl halides is 3. The van der Waals surface area contributed by atoms with E-state index in [2.05, 4.69) is 9.97 Å². The molecule has 0 radical (unpaired) electrons. The smallest absolute Gasteiger partial charge is 0.380 e. The second-order valence-electron chi connectivity index (χ2n) is 3.96. The Bertz CT molecular complexity index is 441. The molecular weight excluding hydrogens is 271 g/mol. The first kappa shape index (κ1) is 13.4. The number of rotatable bonds is 2. The summed E-state index contributed by atoms with van der Waals surface area (Å²) < 4.78 is 42.8. The predicted molar refractivity (Wildman–Crippen MR) is 59.7 cm³/mol. The van der Waals surface area contributed by atoms with Crippen molar-refractivity contribution in [1.29, 1.82) is 0 Å². The molecule has 0 amide bonds. The van der Waals surface area contributed by atoms with Crippen LogP contribution in [0.4, 0.5) is 19.0 Å². The van der Waals surface area contributed by atoms with Crippen LogP contribution in [0.3, 0.4) is 0 Å². The monoisotopic (exact) mass is 281 g/mol. The lowest BCUT2D eigenvalue weighted by atomic mass is 10.3. The molecule has 2 heterocycles. The Morgan fingerprint density at radius 3 is 2.72 bits per heavy atom. The highest BCUT2D eigenvalue weighted by molar-refractivity contribution is 6.29. The van der Waals surface area contributed by atoms with Crippen molar-refractivity contribution in [3.63, 3.8) is 0 Å². The van der Waals surface area contributed by atoms with E-state index in [4.69, 9.17) is 16.3 Å². The summed E-state index contributed by atoms with van der Waals surface area (Å²) in [6, 6.07) is 1.33. The molecule has 0 saturated carbocycles. The zero-order chi connectivity index (χ0) is 13.3. The number of ether oxygens (including phenoxy) is 1. The summed E-state index contributed by atoms with van der Waals surface area (Å²) in [4.78, 5) is 8.40. The summed E-state index contributed by atoms with van der Waals surface area (Å²) in [5.74, 6) is -1.03.